The number of hydrogen-bond acceptors (Lipinski definition) is 2. The topological polar surface area (TPSA) is 46.5 Å². The Bertz CT molecular complexity index is 106. The van der Waals surface area contributed by atoms with E-state index in [-0.39, 0.29) is 23.5 Å². The molecule has 0 aromatic rings. The first-order valence-electron chi connectivity index (χ1n) is 2.58. The zero-order valence-corrected chi connectivity index (χ0v) is 7.70. The molecule has 0 fully saturated rings. The van der Waals surface area contributed by atoms with E-state index >= 15 is 0 Å². The molecule has 0 heterocycles. The molecule has 0 aliphatic heterocycles. The van der Waals surface area contributed by atoms with Gasteiger partial charge in [0, 0.05) is 23.5 Å². The molecular weight excluding hydrogens is 179 g/mol. The van der Waals surface area contributed by atoms with Crippen LogP contribution >= 0.6 is 7.60 Å². The Balaban J connectivity index is 0. The normalized spacial score (nSPS) is 15.9. The fourth-order valence-corrected chi connectivity index (χ4v) is 0.879. The minimum absolute atomic E-state index is 0. The van der Waals surface area contributed by atoms with Gasteiger partial charge in [0.15, 0.2) is 0 Å². The zero-order valence-electron chi connectivity index (χ0n) is 5.53. The van der Waals surface area contributed by atoms with Crippen LogP contribution in [0.15, 0.2) is 0 Å². The van der Waals surface area contributed by atoms with Crippen LogP contribution in [0.5, 0.6) is 0 Å². The van der Waals surface area contributed by atoms with Gasteiger partial charge in [0.25, 0.3) is 0 Å². The van der Waals surface area contributed by atoms with Crippen LogP contribution in [0.2, 0.25) is 0 Å². The summed E-state index contributed by atoms with van der Waals surface area (Å²) in [5, 5.41) is 0. The van der Waals surface area contributed by atoms with E-state index in [0.29, 0.717) is 6.61 Å². The second-order valence-electron chi connectivity index (χ2n) is 1.37. The first-order chi connectivity index (χ1) is 3.62. The predicted molar refractivity (Wildman–Crippen MR) is 32.0 cm³/mol. The van der Waals surface area contributed by atoms with Crippen molar-refractivity contribution in [2.75, 3.05) is 12.8 Å². The summed E-state index contributed by atoms with van der Waals surface area (Å²) in [6.07, 6.45) is 0.195. The summed E-state index contributed by atoms with van der Waals surface area (Å²) in [7, 11) is -3.17. The predicted octanol–water partition coefficient (Wildman–Crippen LogP) is 1.23. The maximum Gasteiger partial charge on any atom is 0.327 e. The third kappa shape index (κ3) is 6.57. The fraction of sp³-hybridized carbons (Fsp3) is 1.00. The molecule has 9 heavy (non-hydrogen) atoms. The summed E-state index contributed by atoms with van der Waals surface area (Å²) in [6.45, 7) is 3.62. The van der Waals surface area contributed by atoms with Crippen LogP contribution in [0.3, 0.4) is 0 Å². The molecule has 0 saturated carbocycles. The van der Waals surface area contributed by atoms with Gasteiger partial charge in [0.1, 0.15) is 0 Å². The largest absolute Gasteiger partial charge is 0.327 e. The molecule has 1 atom stereocenters. The molecule has 0 spiro atoms. The molecule has 1 N–H and O–H groups in total. The quantitative estimate of drug-likeness (QED) is 0.680. The average Bonchev–Trinajstić information content (AvgIpc) is 1.67. The van der Waals surface area contributed by atoms with E-state index in [1.165, 1.54) is 0 Å². The van der Waals surface area contributed by atoms with E-state index in [9.17, 15) is 4.57 Å². The van der Waals surface area contributed by atoms with Gasteiger partial charge >= 0.3 is 7.60 Å². The van der Waals surface area contributed by atoms with Gasteiger partial charge in [-0.1, -0.05) is 6.92 Å². The summed E-state index contributed by atoms with van der Waals surface area (Å²) in [4.78, 5) is 8.66. The van der Waals surface area contributed by atoms with Gasteiger partial charge in [0.05, 0.1) is 6.61 Å². The first-order valence-corrected chi connectivity index (χ1v) is 4.35. The van der Waals surface area contributed by atoms with E-state index in [0.717, 1.165) is 0 Å². The van der Waals surface area contributed by atoms with Crippen LogP contribution in [0.4, 0.5) is 0 Å². The third-order valence-electron chi connectivity index (χ3n) is 0.730. The van der Waals surface area contributed by atoms with Crippen molar-refractivity contribution in [1.82, 2.24) is 0 Å². The van der Waals surface area contributed by atoms with E-state index in [2.05, 4.69) is 4.52 Å². The van der Waals surface area contributed by atoms with Crippen molar-refractivity contribution in [3.63, 3.8) is 0 Å². The maximum absolute atomic E-state index is 10.5. The van der Waals surface area contributed by atoms with Gasteiger partial charge in [-0.05, 0) is 6.92 Å². The summed E-state index contributed by atoms with van der Waals surface area (Å²) in [5.74, 6) is 0. The molecule has 0 aromatic heterocycles. The van der Waals surface area contributed by atoms with Gasteiger partial charge in [0.2, 0.25) is 0 Å². The van der Waals surface area contributed by atoms with E-state index in [1.54, 1.807) is 13.8 Å². The minimum Gasteiger partial charge on any atom is -0.324 e. The molecule has 3 nitrogen and oxygen atoms in total. The Kier molecular flexibility index (Phi) is 7.51. The second kappa shape index (κ2) is 5.47. The fourth-order valence-electron chi connectivity index (χ4n) is 0.293. The standard InChI is InChI=1S/C4H11O3P.Cr/c1-3-7-8(5,6)4-2;/h3-4H2,1-2H3,(H,5,6);. The molecule has 0 radical (unpaired) electrons. The van der Waals surface area contributed by atoms with Gasteiger partial charge in [-0.15, -0.1) is 0 Å². The molecule has 5 heteroatoms. The molecule has 1 unspecified atom stereocenters. The van der Waals surface area contributed by atoms with Gasteiger partial charge in [-0.2, -0.15) is 0 Å². The molecule has 0 rings (SSSR count). The van der Waals surface area contributed by atoms with Gasteiger partial charge in [-0.25, -0.2) is 0 Å². The van der Waals surface area contributed by atoms with Crippen LogP contribution in [-0.2, 0) is 26.4 Å². The SMILES string of the molecule is CCOP(=O)(O)CC.[Cr]. The summed E-state index contributed by atoms with van der Waals surface area (Å²) >= 11 is 0. The van der Waals surface area contributed by atoms with Crippen LogP contribution < -0.4 is 0 Å². The van der Waals surface area contributed by atoms with Crippen molar-refractivity contribution in [2.24, 2.45) is 0 Å². The molecule has 0 aliphatic rings. The van der Waals surface area contributed by atoms with Crippen LogP contribution in [-0.4, -0.2) is 17.7 Å². The van der Waals surface area contributed by atoms with E-state index in [1.807, 2.05) is 0 Å². The Morgan fingerprint density at radius 1 is 1.56 bits per heavy atom. The zero-order chi connectivity index (χ0) is 6.62. The van der Waals surface area contributed by atoms with Crippen molar-refractivity contribution < 1.29 is 31.3 Å². The molecule has 0 aromatic carbocycles. The Labute approximate surface area is 66.1 Å². The first kappa shape index (κ1) is 12.4. The molecule has 0 aliphatic carbocycles. The van der Waals surface area contributed by atoms with Gasteiger partial charge < -0.3 is 9.42 Å². The van der Waals surface area contributed by atoms with Crippen molar-refractivity contribution in [3.05, 3.63) is 0 Å². The van der Waals surface area contributed by atoms with Crippen molar-refractivity contribution >= 4 is 7.60 Å². The monoisotopic (exact) mass is 190 g/mol. The molecule has 0 amide bonds. The average molecular weight is 190 g/mol. The molecular formula is C4H11CrO3P. The van der Waals surface area contributed by atoms with Crippen molar-refractivity contribution in [2.45, 2.75) is 13.8 Å². The second-order valence-corrected chi connectivity index (χ2v) is 3.54. The molecule has 0 saturated heterocycles. The van der Waals surface area contributed by atoms with Crippen LogP contribution in [0.1, 0.15) is 13.8 Å². The summed E-state index contributed by atoms with van der Waals surface area (Å²) in [5.41, 5.74) is 0. The maximum atomic E-state index is 10.5. The smallest absolute Gasteiger partial charge is 0.324 e. The Morgan fingerprint density at radius 3 is 2.11 bits per heavy atom. The summed E-state index contributed by atoms with van der Waals surface area (Å²) < 4.78 is 15.0. The minimum atomic E-state index is -3.17. The summed E-state index contributed by atoms with van der Waals surface area (Å²) in [6, 6.07) is 0. The van der Waals surface area contributed by atoms with Crippen molar-refractivity contribution in [1.29, 1.82) is 0 Å². The molecule has 0 bridgehead atoms. The van der Waals surface area contributed by atoms with E-state index < -0.39 is 7.60 Å². The number of rotatable bonds is 3. The van der Waals surface area contributed by atoms with Gasteiger partial charge in [-0.3, -0.25) is 4.57 Å². The molecule has 56 valence electrons. The third-order valence-corrected chi connectivity index (χ3v) is 2.19. The van der Waals surface area contributed by atoms with E-state index in [4.69, 9.17) is 4.89 Å². The van der Waals surface area contributed by atoms with Crippen LogP contribution in [0, 0.1) is 0 Å². The number of hydrogen-bond donors (Lipinski definition) is 1. The van der Waals surface area contributed by atoms with Crippen LogP contribution in [0.25, 0.3) is 0 Å². The Hall–Kier alpha value is 0.682. The van der Waals surface area contributed by atoms with Crippen molar-refractivity contribution in [3.8, 4) is 0 Å². The Morgan fingerprint density at radius 2 is 2.00 bits per heavy atom.